The van der Waals surface area contributed by atoms with E-state index >= 15 is 0 Å². The Labute approximate surface area is 166 Å². The lowest BCUT2D eigenvalue weighted by Gasteiger charge is -2.05. The van der Waals surface area contributed by atoms with Crippen LogP contribution in [0.15, 0.2) is 53.1 Å². The first-order chi connectivity index (χ1) is 12.5. The van der Waals surface area contributed by atoms with Crippen LogP contribution in [0, 0.1) is 0 Å². The standard InChI is InChI=1S/C19H15Cl3N2O2/c20-13-3-1-2-12(8-13)10-23-18(25)6-7-19-24-11-17(26-19)15-5-4-14(21)9-16(15)22/h1-5,8-9,11H,6-7,10H2,(H,23,25). The predicted molar refractivity (Wildman–Crippen MR) is 104 cm³/mol. The van der Waals surface area contributed by atoms with E-state index in [1.807, 2.05) is 18.2 Å². The van der Waals surface area contributed by atoms with Crippen LogP contribution in [0.2, 0.25) is 15.1 Å². The minimum absolute atomic E-state index is 0.0887. The Balaban J connectivity index is 1.53. The molecule has 134 valence electrons. The molecule has 0 saturated heterocycles. The highest BCUT2D eigenvalue weighted by Crippen LogP contribution is 2.30. The Kier molecular flexibility index (Phi) is 6.20. The summed E-state index contributed by atoms with van der Waals surface area (Å²) in [6, 6.07) is 12.5. The van der Waals surface area contributed by atoms with Crippen molar-refractivity contribution in [2.24, 2.45) is 0 Å². The van der Waals surface area contributed by atoms with Crippen LogP contribution >= 0.6 is 34.8 Å². The molecule has 1 amide bonds. The van der Waals surface area contributed by atoms with Crippen molar-refractivity contribution in [3.8, 4) is 11.3 Å². The van der Waals surface area contributed by atoms with Crippen LogP contribution in [0.5, 0.6) is 0 Å². The van der Waals surface area contributed by atoms with Crippen molar-refractivity contribution < 1.29 is 9.21 Å². The zero-order valence-electron chi connectivity index (χ0n) is 13.6. The molecule has 3 rings (SSSR count). The molecule has 0 aliphatic rings. The molecule has 1 aromatic heterocycles. The highest BCUT2D eigenvalue weighted by Gasteiger charge is 2.12. The Morgan fingerprint density at radius 2 is 1.88 bits per heavy atom. The Morgan fingerprint density at radius 1 is 1.08 bits per heavy atom. The Bertz CT molecular complexity index is 925. The van der Waals surface area contributed by atoms with Gasteiger partial charge in [0.05, 0.1) is 11.2 Å². The van der Waals surface area contributed by atoms with E-state index in [1.54, 1.807) is 30.5 Å². The summed E-state index contributed by atoms with van der Waals surface area (Å²) in [7, 11) is 0. The van der Waals surface area contributed by atoms with Crippen molar-refractivity contribution in [2.75, 3.05) is 0 Å². The predicted octanol–water partition coefficient (Wildman–Crippen LogP) is 5.55. The maximum Gasteiger partial charge on any atom is 0.220 e. The molecule has 0 spiro atoms. The number of hydrogen-bond acceptors (Lipinski definition) is 3. The number of nitrogens with zero attached hydrogens (tertiary/aromatic N) is 1. The Morgan fingerprint density at radius 3 is 2.65 bits per heavy atom. The number of carbonyl (C=O) groups excluding carboxylic acids is 1. The topological polar surface area (TPSA) is 55.1 Å². The summed E-state index contributed by atoms with van der Waals surface area (Å²) in [4.78, 5) is 16.2. The van der Waals surface area contributed by atoms with Crippen LogP contribution in [0.3, 0.4) is 0 Å². The first kappa shape index (κ1) is 18.8. The van der Waals surface area contributed by atoms with Crippen LogP contribution in [-0.4, -0.2) is 10.9 Å². The van der Waals surface area contributed by atoms with E-state index in [0.717, 1.165) is 5.56 Å². The number of amides is 1. The largest absolute Gasteiger partial charge is 0.441 e. The van der Waals surface area contributed by atoms with Crippen molar-refractivity contribution in [1.82, 2.24) is 10.3 Å². The molecule has 0 aliphatic heterocycles. The molecule has 3 aromatic rings. The number of halogens is 3. The van der Waals surface area contributed by atoms with Gasteiger partial charge in [-0.2, -0.15) is 0 Å². The summed E-state index contributed by atoms with van der Waals surface area (Å²) in [6.45, 7) is 0.427. The van der Waals surface area contributed by atoms with Gasteiger partial charge in [-0.05, 0) is 35.9 Å². The number of carbonyl (C=O) groups is 1. The lowest BCUT2D eigenvalue weighted by Crippen LogP contribution is -2.23. The summed E-state index contributed by atoms with van der Waals surface area (Å²) in [5, 5.41) is 4.53. The minimum Gasteiger partial charge on any atom is -0.441 e. The van der Waals surface area contributed by atoms with Gasteiger partial charge in [-0.15, -0.1) is 0 Å². The molecule has 2 aromatic carbocycles. The zero-order chi connectivity index (χ0) is 18.5. The number of aryl methyl sites for hydroxylation is 1. The number of aromatic nitrogens is 1. The van der Waals surface area contributed by atoms with E-state index in [1.165, 1.54) is 0 Å². The third-order valence-corrected chi connectivity index (χ3v) is 4.48. The molecular weight excluding hydrogens is 395 g/mol. The molecule has 0 aliphatic carbocycles. The highest BCUT2D eigenvalue weighted by atomic mass is 35.5. The monoisotopic (exact) mass is 408 g/mol. The molecule has 0 bridgehead atoms. The first-order valence-electron chi connectivity index (χ1n) is 7.92. The minimum atomic E-state index is -0.0887. The SMILES string of the molecule is O=C(CCc1ncc(-c2ccc(Cl)cc2Cl)o1)NCc1cccc(Cl)c1. The molecule has 0 saturated carbocycles. The lowest BCUT2D eigenvalue weighted by molar-refractivity contribution is -0.121. The van der Waals surface area contributed by atoms with Crippen molar-refractivity contribution in [3.05, 3.63) is 75.2 Å². The van der Waals surface area contributed by atoms with Crippen LogP contribution < -0.4 is 5.32 Å². The van der Waals surface area contributed by atoms with Gasteiger partial charge in [-0.1, -0.05) is 46.9 Å². The molecule has 4 nitrogen and oxygen atoms in total. The van der Waals surface area contributed by atoms with Crippen LogP contribution in [0.25, 0.3) is 11.3 Å². The van der Waals surface area contributed by atoms with Crippen molar-refractivity contribution >= 4 is 40.7 Å². The number of hydrogen-bond donors (Lipinski definition) is 1. The zero-order valence-corrected chi connectivity index (χ0v) is 15.9. The number of rotatable bonds is 6. The van der Waals surface area contributed by atoms with Gasteiger partial charge >= 0.3 is 0 Å². The first-order valence-corrected chi connectivity index (χ1v) is 9.06. The smallest absolute Gasteiger partial charge is 0.220 e. The van der Waals surface area contributed by atoms with Gasteiger partial charge in [0.25, 0.3) is 0 Å². The van der Waals surface area contributed by atoms with Crippen LogP contribution in [0.4, 0.5) is 0 Å². The summed E-state index contributed by atoms with van der Waals surface area (Å²) in [5.74, 6) is 0.930. The van der Waals surface area contributed by atoms with Gasteiger partial charge in [-0.25, -0.2) is 4.98 Å². The fourth-order valence-corrected chi connectivity index (χ4v) is 3.11. The molecule has 1 N–H and O–H groups in total. The fourth-order valence-electron chi connectivity index (χ4n) is 2.40. The third kappa shape index (κ3) is 5.01. The molecule has 0 atom stereocenters. The van der Waals surface area contributed by atoms with E-state index in [9.17, 15) is 4.79 Å². The normalized spacial score (nSPS) is 10.7. The number of oxazole rings is 1. The number of benzene rings is 2. The van der Waals surface area contributed by atoms with E-state index in [2.05, 4.69) is 10.3 Å². The van der Waals surface area contributed by atoms with E-state index in [0.29, 0.717) is 45.2 Å². The molecule has 0 radical (unpaired) electrons. The van der Waals surface area contributed by atoms with Gasteiger partial charge < -0.3 is 9.73 Å². The average Bonchev–Trinajstić information content (AvgIpc) is 3.07. The molecule has 0 unspecified atom stereocenters. The molecule has 7 heteroatoms. The van der Waals surface area contributed by atoms with E-state index in [4.69, 9.17) is 39.2 Å². The van der Waals surface area contributed by atoms with Crippen molar-refractivity contribution in [2.45, 2.75) is 19.4 Å². The van der Waals surface area contributed by atoms with Gasteiger partial charge in [0.15, 0.2) is 11.7 Å². The fraction of sp³-hybridized carbons (Fsp3) is 0.158. The number of nitrogens with one attached hydrogen (secondary N) is 1. The average molecular weight is 410 g/mol. The molecule has 1 heterocycles. The van der Waals surface area contributed by atoms with Gasteiger partial charge in [-0.3, -0.25) is 4.79 Å². The maximum atomic E-state index is 12.0. The summed E-state index contributed by atoms with van der Waals surface area (Å²) < 4.78 is 5.68. The summed E-state index contributed by atoms with van der Waals surface area (Å²) in [5.41, 5.74) is 1.65. The molecular formula is C19H15Cl3N2O2. The van der Waals surface area contributed by atoms with E-state index in [-0.39, 0.29) is 12.3 Å². The van der Waals surface area contributed by atoms with Gasteiger partial charge in [0.2, 0.25) is 5.91 Å². The van der Waals surface area contributed by atoms with E-state index < -0.39 is 0 Å². The van der Waals surface area contributed by atoms with Gasteiger partial charge in [0.1, 0.15) is 0 Å². The maximum absolute atomic E-state index is 12.0. The highest BCUT2D eigenvalue weighted by molar-refractivity contribution is 6.36. The second-order valence-corrected chi connectivity index (χ2v) is 6.93. The second kappa shape index (κ2) is 8.58. The second-order valence-electron chi connectivity index (χ2n) is 5.65. The summed E-state index contributed by atoms with van der Waals surface area (Å²) >= 11 is 18.0. The van der Waals surface area contributed by atoms with Crippen molar-refractivity contribution in [1.29, 1.82) is 0 Å². The third-order valence-electron chi connectivity index (χ3n) is 3.69. The quantitative estimate of drug-likeness (QED) is 0.580. The van der Waals surface area contributed by atoms with Crippen LogP contribution in [-0.2, 0) is 17.8 Å². The van der Waals surface area contributed by atoms with Crippen molar-refractivity contribution in [3.63, 3.8) is 0 Å². The summed E-state index contributed by atoms with van der Waals surface area (Å²) in [6.07, 6.45) is 2.26. The van der Waals surface area contributed by atoms with Gasteiger partial charge in [0, 0.05) is 35.0 Å². The molecule has 0 fully saturated rings. The van der Waals surface area contributed by atoms with Crippen LogP contribution in [0.1, 0.15) is 17.9 Å². The molecule has 26 heavy (non-hydrogen) atoms. The lowest BCUT2D eigenvalue weighted by atomic mass is 10.2. The Hall–Kier alpha value is -2.01.